The summed E-state index contributed by atoms with van der Waals surface area (Å²) in [5.74, 6) is 0.872. The summed E-state index contributed by atoms with van der Waals surface area (Å²) in [6.07, 6.45) is 0.736. The lowest BCUT2D eigenvalue weighted by molar-refractivity contribution is 0.00578. The van der Waals surface area contributed by atoms with Crippen LogP contribution in [0.4, 0.5) is 0 Å². The lowest BCUT2D eigenvalue weighted by Gasteiger charge is -2.32. The van der Waals surface area contributed by atoms with Crippen LogP contribution in [-0.4, -0.2) is 24.9 Å². The van der Waals surface area contributed by atoms with Crippen LogP contribution in [0.3, 0.4) is 0 Å². The zero-order valence-corrected chi connectivity index (χ0v) is 10.9. The molecular formula is C12H20BNO3. The molecule has 94 valence electrons. The van der Waals surface area contributed by atoms with Crippen LogP contribution in [0.25, 0.3) is 0 Å². The molecule has 1 aromatic rings. The van der Waals surface area contributed by atoms with Crippen LogP contribution in [0.15, 0.2) is 16.5 Å². The van der Waals surface area contributed by atoms with E-state index in [1.165, 1.54) is 0 Å². The second kappa shape index (κ2) is 4.16. The Bertz CT molecular complexity index is 384. The predicted octanol–water partition coefficient (Wildman–Crippen LogP) is 1.08. The molecule has 1 saturated heterocycles. The Morgan fingerprint density at radius 3 is 2.24 bits per heavy atom. The monoisotopic (exact) mass is 237 g/mol. The normalized spacial score (nSPS) is 22.1. The van der Waals surface area contributed by atoms with E-state index in [0.29, 0.717) is 12.2 Å². The van der Waals surface area contributed by atoms with Crippen molar-refractivity contribution in [2.75, 3.05) is 6.54 Å². The van der Waals surface area contributed by atoms with E-state index in [0.717, 1.165) is 12.2 Å². The fraction of sp³-hybridized carbons (Fsp3) is 0.667. The van der Waals surface area contributed by atoms with Crippen LogP contribution in [0.5, 0.6) is 0 Å². The maximum atomic E-state index is 5.89. The average molecular weight is 237 g/mol. The predicted molar refractivity (Wildman–Crippen MR) is 67.2 cm³/mol. The summed E-state index contributed by atoms with van der Waals surface area (Å²) in [7, 11) is -0.425. The minimum absolute atomic E-state index is 0.335. The molecule has 0 spiro atoms. The Balaban J connectivity index is 2.14. The molecule has 4 nitrogen and oxygen atoms in total. The van der Waals surface area contributed by atoms with E-state index < -0.39 is 7.12 Å². The third-order valence-corrected chi connectivity index (χ3v) is 3.56. The van der Waals surface area contributed by atoms with E-state index >= 15 is 0 Å². The molecule has 5 heteroatoms. The van der Waals surface area contributed by atoms with Crippen LogP contribution in [0, 0.1) is 0 Å². The number of nitrogens with two attached hydrogens (primary N) is 1. The molecule has 0 atom stereocenters. The maximum absolute atomic E-state index is 5.89. The highest BCUT2D eigenvalue weighted by Gasteiger charge is 2.53. The van der Waals surface area contributed by atoms with Crippen molar-refractivity contribution in [3.8, 4) is 0 Å². The van der Waals surface area contributed by atoms with Crippen LogP contribution in [0.1, 0.15) is 33.5 Å². The Hall–Kier alpha value is -0.775. The van der Waals surface area contributed by atoms with Crippen LogP contribution < -0.4 is 11.4 Å². The van der Waals surface area contributed by atoms with Crippen molar-refractivity contribution in [2.45, 2.75) is 45.3 Å². The summed E-state index contributed by atoms with van der Waals surface area (Å²) in [4.78, 5) is 0. The first-order valence-corrected chi connectivity index (χ1v) is 6.00. The van der Waals surface area contributed by atoms with Gasteiger partial charge in [-0.15, -0.1) is 0 Å². The van der Waals surface area contributed by atoms with Crippen molar-refractivity contribution in [3.63, 3.8) is 0 Å². The molecule has 2 N–H and O–H groups in total. The van der Waals surface area contributed by atoms with Gasteiger partial charge in [0.2, 0.25) is 0 Å². The molecule has 0 unspecified atom stereocenters. The van der Waals surface area contributed by atoms with Gasteiger partial charge < -0.3 is 19.5 Å². The Morgan fingerprint density at radius 1 is 1.12 bits per heavy atom. The van der Waals surface area contributed by atoms with E-state index in [1.54, 1.807) is 0 Å². The van der Waals surface area contributed by atoms with Gasteiger partial charge in [-0.2, -0.15) is 0 Å². The van der Waals surface area contributed by atoms with E-state index in [4.69, 9.17) is 19.5 Å². The Kier molecular flexibility index (Phi) is 3.10. The zero-order chi connectivity index (χ0) is 12.7. The van der Waals surface area contributed by atoms with Gasteiger partial charge in [0, 0.05) is 6.42 Å². The Morgan fingerprint density at radius 2 is 1.71 bits per heavy atom. The molecule has 2 heterocycles. The molecule has 17 heavy (non-hydrogen) atoms. The molecule has 0 bridgehead atoms. The van der Waals surface area contributed by atoms with E-state index in [2.05, 4.69) is 0 Å². The highest BCUT2D eigenvalue weighted by atomic mass is 16.7. The first kappa shape index (κ1) is 12.7. The summed E-state index contributed by atoms with van der Waals surface area (Å²) >= 11 is 0. The van der Waals surface area contributed by atoms with Gasteiger partial charge in [-0.25, -0.2) is 0 Å². The first-order valence-electron chi connectivity index (χ1n) is 6.00. The minimum Gasteiger partial charge on any atom is -0.470 e. The SMILES string of the molecule is CC1(C)OB(c2ccc(CCN)o2)OC1(C)C. The van der Waals surface area contributed by atoms with Crippen molar-refractivity contribution in [1.82, 2.24) is 0 Å². The molecular weight excluding hydrogens is 217 g/mol. The summed E-state index contributed by atoms with van der Waals surface area (Å²) < 4.78 is 17.5. The van der Waals surface area contributed by atoms with Gasteiger partial charge in [0.25, 0.3) is 0 Å². The smallest absolute Gasteiger partial charge is 0.470 e. The van der Waals surface area contributed by atoms with Crippen molar-refractivity contribution < 1.29 is 13.7 Å². The number of hydrogen-bond acceptors (Lipinski definition) is 4. The van der Waals surface area contributed by atoms with Gasteiger partial charge in [-0.05, 0) is 46.4 Å². The minimum atomic E-state index is -0.425. The molecule has 0 radical (unpaired) electrons. The zero-order valence-electron chi connectivity index (χ0n) is 10.9. The van der Waals surface area contributed by atoms with Crippen LogP contribution in [0.2, 0.25) is 0 Å². The van der Waals surface area contributed by atoms with E-state index in [9.17, 15) is 0 Å². The molecule has 0 aliphatic carbocycles. The maximum Gasteiger partial charge on any atom is 0.532 e. The van der Waals surface area contributed by atoms with Crippen molar-refractivity contribution in [1.29, 1.82) is 0 Å². The molecule has 1 aliphatic rings. The topological polar surface area (TPSA) is 57.6 Å². The van der Waals surface area contributed by atoms with Crippen LogP contribution >= 0.6 is 0 Å². The standard InChI is InChI=1S/C12H20BNO3/c1-11(2)12(3,4)17-13(16-11)10-6-5-9(15-10)7-8-14/h5-6H,7-8,14H2,1-4H3. The lowest BCUT2D eigenvalue weighted by atomic mass is 9.86. The number of furan rings is 1. The molecule has 0 amide bonds. The Labute approximate surface area is 103 Å². The number of rotatable bonds is 3. The third-order valence-electron chi connectivity index (χ3n) is 3.56. The molecule has 0 aromatic carbocycles. The quantitative estimate of drug-likeness (QED) is 0.799. The average Bonchev–Trinajstić information content (AvgIpc) is 2.71. The van der Waals surface area contributed by atoms with Crippen molar-refractivity contribution in [3.05, 3.63) is 17.9 Å². The number of hydrogen-bond donors (Lipinski definition) is 1. The molecule has 1 fully saturated rings. The summed E-state index contributed by atoms with van der Waals surface area (Å²) in [5, 5.41) is 0. The fourth-order valence-corrected chi connectivity index (χ4v) is 1.76. The fourth-order valence-electron chi connectivity index (χ4n) is 1.76. The molecule has 1 aromatic heterocycles. The van der Waals surface area contributed by atoms with E-state index in [1.807, 2.05) is 39.8 Å². The second-order valence-corrected chi connectivity index (χ2v) is 5.43. The largest absolute Gasteiger partial charge is 0.532 e. The summed E-state index contributed by atoms with van der Waals surface area (Å²) in [5.41, 5.74) is 5.53. The first-order chi connectivity index (χ1) is 7.86. The van der Waals surface area contributed by atoms with E-state index in [-0.39, 0.29) is 11.2 Å². The lowest BCUT2D eigenvalue weighted by Crippen LogP contribution is -2.41. The van der Waals surface area contributed by atoms with Crippen molar-refractivity contribution in [2.24, 2.45) is 5.73 Å². The van der Waals surface area contributed by atoms with Crippen molar-refractivity contribution >= 4 is 12.8 Å². The molecule has 1 aliphatic heterocycles. The van der Waals surface area contributed by atoms with Gasteiger partial charge in [0.05, 0.1) is 11.2 Å². The highest BCUT2D eigenvalue weighted by Crippen LogP contribution is 2.36. The summed E-state index contributed by atoms with van der Waals surface area (Å²) in [6.45, 7) is 8.68. The third kappa shape index (κ3) is 2.27. The van der Waals surface area contributed by atoms with Crippen LogP contribution in [-0.2, 0) is 15.7 Å². The summed E-state index contributed by atoms with van der Waals surface area (Å²) in [6, 6.07) is 3.82. The van der Waals surface area contributed by atoms with Gasteiger partial charge in [0.1, 0.15) is 11.4 Å². The van der Waals surface area contributed by atoms with Gasteiger partial charge in [-0.1, -0.05) is 0 Å². The molecule has 2 rings (SSSR count). The van der Waals surface area contributed by atoms with Gasteiger partial charge in [0.15, 0.2) is 0 Å². The van der Waals surface area contributed by atoms with Gasteiger partial charge >= 0.3 is 7.12 Å². The molecule has 0 saturated carbocycles. The second-order valence-electron chi connectivity index (χ2n) is 5.43. The highest BCUT2D eigenvalue weighted by molar-refractivity contribution is 6.60. The van der Waals surface area contributed by atoms with Gasteiger partial charge in [-0.3, -0.25) is 0 Å².